The van der Waals surface area contributed by atoms with Gasteiger partial charge in [0.05, 0.1) is 22.4 Å². The number of hydrogen-bond acceptors (Lipinski definition) is 5. The molecule has 2 amide bonds. The van der Waals surface area contributed by atoms with Crippen LogP contribution in [-0.2, 0) is 11.3 Å². The van der Waals surface area contributed by atoms with Gasteiger partial charge in [-0.3, -0.25) is 19.3 Å². The molecule has 1 aliphatic rings. The number of para-hydroxylation sites is 1. The number of amides is 2. The summed E-state index contributed by atoms with van der Waals surface area (Å²) in [5.74, 6) is -0.447. The number of benzene rings is 2. The molecule has 1 aromatic heterocycles. The van der Waals surface area contributed by atoms with E-state index in [1.165, 1.54) is 12.3 Å². The lowest BCUT2D eigenvalue weighted by atomic mass is 10.1. The molecule has 0 aliphatic carbocycles. The van der Waals surface area contributed by atoms with Gasteiger partial charge in [0.15, 0.2) is 5.43 Å². The van der Waals surface area contributed by atoms with Crippen molar-refractivity contribution in [2.24, 2.45) is 0 Å². The molecule has 0 unspecified atom stereocenters. The average Bonchev–Trinajstić information content (AvgIpc) is 2.92. The molecule has 1 aliphatic heterocycles. The maximum absolute atomic E-state index is 12.6. The lowest BCUT2D eigenvalue weighted by molar-refractivity contribution is -0.123. The van der Waals surface area contributed by atoms with Crippen molar-refractivity contribution in [1.29, 1.82) is 0 Å². The number of nitrogens with zero attached hydrogens (tertiary/aromatic N) is 1. The largest absolute Gasteiger partial charge is 0.463 e. The summed E-state index contributed by atoms with van der Waals surface area (Å²) in [5.41, 5.74) is 1.19. The van der Waals surface area contributed by atoms with E-state index in [1.807, 2.05) is 0 Å². The highest BCUT2D eigenvalue weighted by Crippen LogP contribution is 2.33. The minimum absolute atomic E-state index is 0.120. The fourth-order valence-electron chi connectivity index (χ4n) is 2.79. The molecule has 0 spiro atoms. The Hall–Kier alpha value is -2.83. The second-order valence-electron chi connectivity index (χ2n) is 5.91. The Morgan fingerprint density at radius 1 is 1.07 bits per heavy atom. The SMILES string of the molecule is O=C1S/C(=C\c2coc3ccccc3c2=O)C(=O)N1Cc1cccc(Cl)c1. The minimum atomic E-state index is -0.447. The maximum atomic E-state index is 12.6. The highest BCUT2D eigenvalue weighted by molar-refractivity contribution is 8.18. The van der Waals surface area contributed by atoms with E-state index in [0.717, 1.165) is 22.2 Å². The lowest BCUT2D eigenvalue weighted by Gasteiger charge is -2.12. The van der Waals surface area contributed by atoms with Crippen molar-refractivity contribution in [3.8, 4) is 0 Å². The Morgan fingerprint density at radius 3 is 2.70 bits per heavy atom. The average molecular weight is 398 g/mol. The van der Waals surface area contributed by atoms with Gasteiger partial charge in [0, 0.05) is 5.02 Å². The summed E-state index contributed by atoms with van der Waals surface area (Å²) in [7, 11) is 0. The lowest BCUT2D eigenvalue weighted by Crippen LogP contribution is -2.27. The number of carbonyl (C=O) groups excluding carboxylic acids is 2. The first-order valence-corrected chi connectivity index (χ1v) is 9.23. The van der Waals surface area contributed by atoms with Crippen LogP contribution in [0.25, 0.3) is 17.0 Å². The van der Waals surface area contributed by atoms with E-state index in [2.05, 4.69) is 0 Å². The number of imide groups is 1. The molecule has 7 heteroatoms. The zero-order valence-corrected chi connectivity index (χ0v) is 15.4. The predicted molar refractivity (Wildman–Crippen MR) is 105 cm³/mol. The van der Waals surface area contributed by atoms with E-state index in [9.17, 15) is 14.4 Å². The van der Waals surface area contributed by atoms with Crippen LogP contribution in [0.15, 0.2) is 68.9 Å². The summed E-state index contributed by atoms with van der Waals surface area (Å²) in [6, 6.07) is 13.8. The Labute approximate surface area is 163 Å². The van der Waals surface area contributed by atoms with Gasteiger partial charge in [0.2, 0.25) is 0 Å². The van der Waals surface area contributed by atoms with Crippen LogP contribution >= 0.6 is 23.4 Å². The topological polar surface area (TPSA) is 67.6 Å². The smallest absolute Gasteiger partial charge is 0.293 e. The van der Waals surface area contributed by atoms with Gasteiger partial charge in [0.1, 0.15) is 11.8 Å². The Kier molecular flexibility index (Phi) is 4.59. The molecular formula is C20H12ClNO4S. The molecule has 4 rings (SSSR count). The maximum Gasteiger partial charge on any atom is 0.293 e. The second-order valence-corrected chi connectivity index (χ2v) is 7.34. The van der Waals surface area contributed by atoms with E-state index >= 15 is 0 Å². The molecule has 1 fully saturated rings. The van der Waals surface area contributed by atoms with Crippen molar-refractivity contribution >= 4 is 51.6 Å². The third kappa shape index (κ3) is 3.41. The summed E-state index contributed by atoms with van der Waals surface area (Å²) in [4.78, 5) is 38.8. The normalized spacial score (nSPS) is 15.9. The molecule has 0 N–H and O–H groups in total. The molecule has 5 nitrogen and oxygen atoms in total. The summed E-state index contributed by atoms with van der Waals surface area (Å²) >= 11 is 6.75. The number of thioether (sulfide) groups is 1. The highest BCUT2D eigenvalue weighted by atomic mass is 35.5. The molecule has 0 bridgehead atoms. The van der Waals surface area contributed by atoms with E-state index in [4.69, 9.17) is 16.0 Å². The van der Waals surface area contributed by atoms with Gasteiger partial charge in [0.25, 0.3) is 11.1 Å². The van der Waals surface area contributed by atoms with Crippen molar-refractivity contribution in [2.45, 2.75) is 6.54 Å². The third-order valence-electron chi connectivity index (χ3n) is 4.10. The molecule has 134 valence electrons. The van der Waals surface area contributed by atoms with Crippen molar-refractivity contribution < 1.29 is 14.0 Å². The van der Waals surface area contributed by atoms with E-state index in [1.54, 1.807) is 48.5 Å². The zero-order chi connectivity index (χ0) is 19.0. The Bertz CT molecular complexity index is 1170. The number of hydrogen-bond donors (Lipinski definition) is 0. The van der Waals surface area contributed by atoms with Gasteiger partial charge in [-0.15, -0.1) is 0 Å². The minimum Gasteiger partial charge on any atom is -0.463 e. The van der Waals surface area contributed by atoms with Gasteiger partial charge < -0.3 is 4.42 Å². The molecule has 0 radical (unpaired) electrons. The second kappa shape index (κ2) is 7.06. The molecule has 0 atom stereocenters. The van der Waals surface area contributed by atoms with Crippen LogP contribution in [0.3, 0.4) is 0 Å². The van der Waals surface area contributed by atoms with Crippen LogP contribution in [0.5, 0.6) is 0 Å². The summed E-state index contributed by atoms with van der Waals surface area (Å²) in [6.45, 7) is 0.120. The summed E-state index contributed by atoms with van der Waals surface area (Å²) in [6.07, 6.45) is 2.71. The highest BCUT2D eigenvalue weighted by Gasteiger charge is 2.35. The molecular weight excluding hydrogens is 386 g/mol. The molecule has 3 aromatic rings. The van der Waals surface area contributed by atoms with Crippen molar-refractivity contribution in [2.75, 3.05) is 0 Å². The van der Waals surface area contributed by atoms with Gasteiger partial charge in [-0.25, -0.2) is 0 Å². The first-order chi connectivity index (χ1) is 13.0. The van der Waals surface area contributed by atoms with Crippen molar-refractivity contribution in [3.63, 3.8) is 0 Å². The molecule has 1 saturated heterocycles. The summed E-state index contributed by atoms with van der Waals surface area (Å²) in [5, 5.41) is 0.560. The molecule has 27 heavy (non-hydrogen) atoms. The quantitative estimate of drug-likeness (QED) is 0.600. The zero-order valence-electron chi connectivity index (χ0n) is 13.8. The van der Waals surface area contributed by atoms with Crippen LogP contribution in [0.4, 0.5) is 4.79 Å². The van der Waals surface area contributed by atoms with Crippen LogP contribution in [0.2, 0.25) is 5.02 Å². The van der Waals surface area contributed by atoms with E-state index in [-0.39, 0.29) is 22.4 Å². The Balaban J connectivity index is 1.65. The number of halogens is 1. The summed E-state index contributed by atoms with van der Waals surface area (Å²) < 4.78 is 5.45. The van der Waals surface area contributed by atoms with Crippen LogP contribution in [0.1, 0.15) is 11.1 Å². The monoisotopic (exact) mass is 397 g/mol. The van der Waals surface area contributed by atoms with Gasteiger partial charge in [-0.05, 0) is 47.7 Å². The molecule has 2 aromatic carbocycles. The predicted octanol–water partition coefficient (Wildman–Crippen LogP) is 4.68. The van der Waals surface area contributed by atoms with Crippen LogP contribution in [-0.4, -0.2) is 16.0 Å². The fourth-order valence-corrected chi connectivity index (χ4v) is 3.83. The number of rotatable bonds is 3. The fraction of sp³-hybridized carbons (Fsp3) is 0.0500. The Morgan fingerprint density at radius 2 is 1.89 bits per heavy atom. The third-order valence-corrected chi connectivity index (χ3v) is 5.24. The van der Waals surface area contributed by atoms with Gasteiger partial charge in [-0.2, -0.15) is 0 Å². The van der Waals surface area contributed by atoms with E-state index < -0.39 is 11.1 Å². The molecule has 2 heterocycles. The van der Waals surface area contributed by atoms with E-state index in [0.29, 0.717) is 16.0 Å². The first-order valence-electron chi connectivity index (χ1n) is 8.03. The van der Waals surface area contributed by atoms with Crippen molar-refractivity contribution in [3.05, 3.63) is 86.1 Å². The first kappa shape index (κ1) is 17.6. The van der Waals surface area contributed by atoms with Crippen LogP contribution in [0, 0.1) is 0 Å². The molecule has 0 saturated carbocycles. The van der Waals surface area contributed by atoms with Crippen molar-refractivity contribution in [1.82, 2.24) is 4.90 Å². The van der Waals surface area contributed by atoms with Gasteiger partial charge >= 0.3 is 0 Å². The van der Waals surface area contributed by atoms with Gasteiger partial charge in [-0.1, -0.05) is 35.9 Å². The number of carbonyl (C=O) groups is 2. The van der Waals surface area contributed by atoms with Crippen LogP contribution < -0.4 is 5.43 Å². The standard InChI is InChI=1S/C20H12ClNO4S/c21-14-5-3-4-12(8-14)10-22-19(24)17(27-20(22)25)9-13-11-26-16-7-2-1-6-15(16)18(13)23/h1-9,11H,10H2/b17-9-. The number of fused-ring (bicyclic) bond motifs is 1.